The molecule has 0 aromatic rings. The first-order chi connectivity index (χ1) is 8.66. The summed E-state index contributed by atoms with van der Waals surface area (Å²) < 4.78 is 5.21. The predicted octanol–water partition coefficient (Wildman–Crippen LogP) is 0.146. The van der Waals surface area contributed by atoms with Gasteiger partial charge in [-0.05, 0) is 26.3 Å². The zero-order chi connectivity index (χ0) is 13.0. The SMILES string of the molecule is CN(CC(=O)C1CCOC1)CC(=O)N1CCCC1. The number of carbonyl (C=O) groups is 2. The molecule has 1 atom stereocenters. The third-order valence-electron chi connectivity index (χ3n) is 3.67. The molecule has 1 amide bonds. The molecule has 0 N–H and O–H groups in total. The summed E-state index contributed by atoms with van der Waals surface area (Å²) in [5, 5.41) is 0. The Labute approximate surface area is 108 Å². The van der Waals surface area contributed by atoms with Crippen LogP contribution < -0.4 is 0 Å². The first kappa shape index (κ1) is 13.5. The minimum atomic E-state index is 0.0364. The van der Waals surface area contributed by atoms with E-state index in [0.29, 0.717) is 26.3 Å². The van der Waals surface area contributed by atoms with Gasteiger partial charge in [0.05, 0.1) is 19.7 Å². The zero-order valence-corrected chi connectivity index (χ0v) is 11.1. The summed E-state index contributed by atoms with van der Waals surface area (Å²) in [7, 11) is 1.84. The summed E-state index contributed by atoms with van der Waals surface area (Å²) in [5.41, 5.74) is 0. The molecule has 2 rings (SSSR count). The number of hydrogen-bond acceptors (Lipinski definition) is 4. The van der Waals surface area contributed by atoms with Crippen LogP contribution in [0, 0.1) is 5.92 Å². The summed E-state index contributed by atoms with van der Waals surface area (Å²) in [4.78, 5) is 27.5. The van der Waals surface area contributed by atoms with E-state index in [1.165, 1.54) is 0 Å². The van der Waals surface area contributed by atoms with Gasteiger partial charge in [-0.1, -0.05) is 0 Å². The number of rotatable bonds is 5. The van der Waals surface area contributed by atoms with Crippen molar-refractivity contribution in [2.45, 2.75) is 19.3 Å². The summed E-state index contributed by atoms with van der Waals surface area (Å²) in [6, 6.07) is 0. The van der Waals surface area contributed by atoms with Crippen LogP contribution in [0.1, 0.15) is 19.3 Å². The molecule has 0 aromatic carbocycles. The van der Waals surface area contributed by atoms with Crippen molar-refractivity contribution < 1.29 is 14.3 Å². The summed E-state index contributed by atoms with van der Waals surface area (Å²) in [6.07, 6.45) is 3.04. The lowest BCUT2D eigenvalue weighted by Crippen LogP contribution is -2.40. The molecular weight excluding hydrogens is 232 g/mol. The highest BCUT2D eigenvalue weighted by Gasteiger charge is 2.25. The summed E-state index contributed by atoms with van der Waals surface area (Å²) in [6.45, 7) is 3.68. The van der Waals surface area contributed by atoms with E-state index in [2.05, 4.69) is 0 Å². The van der Waals surface area contributed by atoms with Crippen molar-refractivity contribution in [1.29, 1.82) is 0 Å². The molecule has 0 spiro atoms. The molecule has 5 nitrogen and oxygen atoms in total. The van der Waals surface area contributed by atoms with Crippen LogP contribution in [-0.4, -0.2) is 67.9 Å². The molecule has 18 heavy (non-hydrogen) atoms. The van der Waals surface area contributed by atoms with Crippen LogP contribution in [0.5, 0.6) is 0 Å². The van der Waals surface area contributed by atoms with Gasteiger partial charge in [-0.3, -0.25) is 14.5 Å². The fourth-order valence-electron chi connectivity index (χ4n) is 2.54. The largest absolute Gasteiger partial charge is 0.381 e. The molecule has 2 fully saturated rings. The van der Waals surface area contributed by atoms with Gasteiger partial charge in [0.2, 0.25) is 5.91 Å². The minimum absolute atomic E-state index is 0.0364. The van der Waals surface area contributed by atoms with Gasteiger partial charge < -0.3 is 9.64 Å². The lowest BCUT2D eigenvalue weighted by molar-refractivity contribution is -0.131. The average Bonchev–Trinajstić information content (AvgIpc) is 3.02. The summed E-state index contributed by atoms with van der Waals surface area (Å²) >= 11 is 0. The molecule has 1 unspecified atom stereocenters. The number of Topliss-reactive ketones (excluding diaryl/α,β-unsaturated/α-hetero) is 1. The first-order valence-corrected chi connectivity index (χ1v) is 6.73. The van der Waals surface area contributed by atoms with Crippen molar-refractivity contribution in [2.24, 2.45) is 5.92 Å². The maximum absolute atomic E-state index is 11.9. The zero-order valence-electron chi connectivity index (χ0n) is 11.1. The molecule has 2 aliphatic rings. The van der Waals surface area contributed by atoms with Crippen LogP contribution in [0.4, 0.5) is 0 Å². The van der Waals surface area contributed by atoms with Crippen LogP contribution in [-0.2, 0) is 14.3 Å². The van der Waals surface area contributed by atoms with Crippen LogP contribution in [0.3, 0.4) is 0 Å². The van der Waals surface area contributed by atoms with Crippen LogP contribution >= 0.6 is 0 Å². The van der Waals surface area contributed by atoms with Gasteiger partial charge >= 0.3 is 0 Å². The fraction of sp³-hybridized carbons (Fsp3) is 0.846. The van der Waals surface area contributed by atoms with Crippen molar-refractivity contribution in [1.82, 2.24) is 9.80 Å². The normalized spacial score (nSPS) is 23.9. The molecule has 2 saturated heterocycles. The Bertz CT molecular complexity index is 277. The number of carbonyl (C=O) groups excluding carboxylic acids is 2. The monoisotopic (exact) mass is 254 g/mol. The molecule has 102 valence electrons. The highest BCUT2D eigenvalue weighted by atomic mass is 16.5. The Morgan fingerprint density at radius 3 is 2.61 bits per heavy atom. The van der Waals surface area contributed by atoms with E-state index in [1.54, 1.807) is 0 Å². The van der Waals surface area contributed by atoms with Crippen molar-refractivity contribution in [2.75, 3.05) is 46.4 Å². The van der Waals surface area contributed by atoms with E-state index in [-0.39, 0.29) is 17.6 Å². The molecule has 5 heteroatoms. The van der Waals surface area contributed by atoms with Crippen molar-refractivity contribution in [3.8, 4) is 0 Å². The third kappa shape index (κ3) is 3.53. The van der Waals surface area contributed by atoms with E-state index in [0.717, 1.165) is 32.4 Å². The Kier molecular flexibility index (Phi) is 4.72. The van der Waals surface area contributed by atoms with Crippen molar-refractivity contribution in [3.63, 3.8) is 0 Å². The molecule has 0 aromatic heterocycles. The van der Waals surface area contributed by atoms with Gasteiger partial charge in [-0.15, -0.1) is 0 Å². The average molecular weight is 254 g/mol. The number of ketones is 1. The predicted molar refractivity (Wildman–Crippen MR) is 67.2 cm³/mol. The topological polar surface area (TPSA) is 49.9 Å². The molecule has 0 bridgehead atoms. The number of ether oxygens (including phenoxy) is 1. The Hall–Kier alpha value is -0.940. The molecule has 0 radical (unpaired) electrons. The van der Waals surface area contributed by atoms with Gasteiger partial charge in [0.15, 0.2) is 5.78 Å². The highest BCUT2D eigenvalue weighted by Crippen LogP contribution is 2.14. The first-order valence-electron chi connectivity index (χ1n) is 6.73. The molecular formula is C13H22N2O3. The third-order valence-corrected chi connectivity index (χ3v) is 3.67. The van der Waals surface area contributed by atoms with E-state index >= 15 is 0 Å². The molecule has 0 aliphatic carbocycles. The van der Waals surface area contributed by atoms with Crippen LogP contribution in [0.15, 0.2) is 0 Å². The van der Waals surface area contributed by atoms with Gasteiger partial charge in [-0.25, -0.2) is 0 Å². The Balaban J connectivity index is 1.71. The lowest BCUT2D eigenvalue weighted by Gasteiger charge is -2.21. The second-order valence-electron chi connectivity index (χ2n) is 5.29. The van der Waals surface area contributed by atoms with Gasteiger partial charge in [0.1, 0.15) is 0 Å². The Morgan fingerprint density at radius 1 is 1.28 bits per heavy atom. The van der Waals surface area contributed by atoms with Crippen molar-refractivity contribution >= 4 is 11.7 Å². The number of amides is 1. The number of likely N-dealkylation sites (N-methyl/N-ethyl adjacent to an activating group) is 1. The van der Waals surface area contributed by atoms with E-state index in [9.17, 15) is 9.59 Å². The van der Waals surface area contributed by atoms with E-state index < -0.39 is 0 Å². The van der Waals surface area contributed by atoms with E-state index in [4.69, 9.17) is 4.74 Å². The quantitative estimate of drug-likeness (QED) is 0.700. The fourth-order valence-corrected chi connectivity index (χ4v) is 2.54. The summed E-state index contributed by atoms with van der Waals surface area (Å²) in [5.74, 6) is 0.379. The Morgan fingerprint density at radius 2 is 2.00 bits per heavy atom. The van der Waals surface area contributed by atoms with Crippen molar-refractivity contribution in [3.05, 3.63) is 0 Å². The molecule has 2 aliphatic heterocycles. The van der Waals surface area contributed by atoms with Crippen LogP contribution in [0.25, 0.3) is 0 Å². The number of hydrogen-bond donors (Lipinski definition) is 0. The van der Waals surface area contributed by atoms with E-state index in [1.807, 2.05) is 16.8 Å². The smallest absolute Gasteiger partial charge is 0.236 e. The van der Waals surface area contributed by atoms with Gasteiger partial charge in [-0.2, -0.15) is 0 Å². The number of nitrogens with zero attached hydrogens (tertiary/aromatic N) is 2. The second-order valence-corrected chi connectivity index (χ2v) is 5.29. The second kappa shape index (κ2) is 6.29. The van der Waals surface area contributed by atoms with Gasteiger partial charge in [0, 0.05) is 25.6 Å². The standard InChI is InChI=1S/C13H22N2O3/c1-14(8-12(16)11-4-7-18-10-11)9-13(17)15-5-2-3-6-15/h11H,2-10H2,1H3. The van der Waals surface area contributed by atoms with Crippen LogP contribution in [0.2, 0.25) is 0 Å². The molecule has 2 heterocycles. The number of likely N-dealkylation sites (tertiary alicyclic amines) is 1. The van der Waals surface area contributed by atoms with Gasteiger partial charge in [0.25, 0.3) is 0 Å². The minimum Gasteiger partial charge on any atom is -0.381 e. The highest BCUT2D eigenvalue weighted by molar-refractivity contribution is 5.84. The molecule has 0 saturated carbocycles. The lowest BCUT2D eigenvalue weighted by atomic mass is 10.0. The maximum atomic E-state index is 11.9. The maximum Gasteiger partial charge on any atom is 0.236 e.